The van der Waals surface area contributed by atoms with Crippen molar-refractivity contribution in [3.05, 3.63) is 224 Å². The van der Waals surface area contributed by atoms with Crippen LogP contribution in [0.15, 0.2) is 224 Å². The second kappa shape index (κ2) is 14.4. The third-order valence-electron chi connectivity index (χ3n) is 10.7. The molecule has 10 rings (SSSR count). The third kappa shape index (κ3) is 6.24. The average Bonchev–Trinajstić information content (AvgIpc) is 3.42. The lowest BCUT2D eigenvalue weighted by Crippen LogP contribution is -2.11. The minimum Gasteiger partial charge on any atom is -0.454 e. The van der Waals surface area contributed by atoms with Crippen LogP contribution in [-0.4, -0.2) is 0 Å². The number of hydrogen-bond donors (Lipinski definition) is 0. The SMILES string of the molecule is c1ccc(-c2ccc(-c3ccc(N(c4ccccc4)c4cccc5c4Oc4cc(-c6ccc(-c7ccccc7)cc6)ccc4-c4ccccc4-5)cc3)cc2)cc1. The number of para-hydroxylation sites is 2. The van der Waals surface area contributed by atoms with Gasteiger partial charge in [-0.1, -0.05) is 182 Å². The Labute approximate surface area is 328 Å². The van der Waals surface area contributed by atoms with Crippen molar-refractivity contribution in [1.82, 2.24) is 0 Å². The van der Waals surface area contributed by atoms with Gasteiger partial charge < -0.3 is 9.64 Å². The van der Waals surface area contributed by atoms with Crippen LogP contribution in [0.1, 0.15) is 0 Å². The van der Waals surface area contributed by atoms with E-state index in [1.165, 1.54) is 27.8 Å². The molecule has 0 amide bonds. The third-order valence-corrected chi connectivity index (χ3v) is 10.7. The first-order valence-corrected chi connectivity index (χ1v) is 19.1. The number of benzene rings is 9. The van der Waals surface area contributed by atoms with Gasteiger partial charge in [0.05, 0.1) is 5.69 Å². The number of nitrogens with zero attached hydrogens (tertiary/aromatic N) is 1. The van der Waals surface area contributed by atoms with E-state index in [9.17, 15) is 0 Å². The Hall–Kier alpha value is -7.42. The summed E-state index contributed by atoms with van der Waals surface area (Å²) in [5.41, 5.74) is 16.9. The summed E-state index contributed by atoms with van der Waals surface area (Å²) in [5, 5.41) is 0. The maximum absolute atomic E-state index is 7.19. The van der Waals surface area contributed by atoms with Gasteiger partial charge in [0.25, 0.3) is 0 Å². The second-order valence-electron chi connectivity index (χ2n) is 14.1. The van der Waals surface area contributed by atoms with Crippen molar-refractivity contribution >= 4 is 17.1 Å². The molecule has 0 radical (unpaired) electrons. The Kier molecular flexibility index (Phi) is 8.55. The molecule has 0 aliphatic carbocycles. The summed E-state index contributed by atoms with van der Waals surface area (Å²) >= 11 is 0. The van der Waals surface area contributed by atoms with Gasteiger partial charge in [-0.2, -0.15) is 0 Å². The molecule has 0 N–H and O–H groups in total. The fourth-order valence-electron chi connectivity index (χ4n) is 7.87. The Morgan fingerprint density at radius 3 is 1.21 bits per heavy atom. The molecular formula is C54H37NO. The highest BCUT2D eigenvalue weighted by Gasteiger charge is 2.26. The summed E-state index contributed by atoms with van der Waals surface area (Å²) in [7, 11) is 0. The topological polar surface area (TPSA) is 12.5 Å². The highest BCUT2D eigenvalue weighted by Crippen LogP contribution is 2.53. The van der Waals surface area contributed by atoms with Crippen molar-refractivity contribution in [1.29, 1.82) is 0 Å². The molecule has 1 aliphatic heterocycles. The van der Waals surface area contributed by atoms with Gasteiger partial charge in [-0.15, -0.1) is 0 Å². The van der Waals surface area contributed by atoms with Gasteiger partial charge in [0.1, 0.15) is 5.75 Å². The molecular weight excluding hydrogens is 679 g/mol. The lowest BCUT2D eigenvalue weighted by Gasteiger charge is -2.28. The van der Waals surface area contributed by atoms with Gasteiger partial charge in [-0.25, -0.2) is 0 Å². The van der Waals surface area contributed by atoms with Crippen molar-refractivity contribution in [3.8, 4) is 78.3 Å². The lowest BCUT2D eigenvalue weighted by atomic mass is 9.93. The summed E-state index contributed by atoms with van der Waals surface area (Å²) in [5.74, 6) is 1.65. The average molecular weight is 716 g/mol. The monoisotopic (exact) mass is 715 g/mol. The maximum Gasteiger partial charge on any atom is 0.159 e. The van der Waals surface area contributed by atoms with E-state index < -0.39 is 0 Å². The second-order valence-corrected chi connectivity index (χ2v) is 14.1. The Bertz CT molecular complexity index is 2780. The van der Waals surface area contributed by atoms with Crippen molar-refractivity contribution in [2.75, 3.05) is 4.90 Å². The first-order chi connectivity index (χ1) is 27.8. The Morgan fingerprint density at radius 2 is 0.661 bits per heavy atom. The van der Waals surface area contributed by atoms with E-state index in [-0.39, 0.29) is 0 Å². The molecule has 2 nitrogen and oxygen atoms in total. The maximum atomic E-state index is 7.19. The molecule has 0 fully saturated rings. The summed E-state index contributed by atoms with van der Waals surface area (Å²) in [6.45, 7) is 0. The molecule has 0 aromatic heterocycles. The van der Waals surface area contributed by atoms with Crippen LogP contribution in [0, 0.1) is 0 Å². The first kappa shape index (κ1) is 33.2. The largest absolute Gasteiger partial charge is 0.454 e. The summed E-state index contributed by atoms with van der Waals surface area (Å²) < 4.78 is 7.19. The number of ether oxygens (including phenoxy) is 1. The zero-order chi connectivity index (χ0) is 37.3. The molecule has 1 heterocycles. The Morgan fingerprint density at radius 1 is 0.268 bits per heavy atom. The molecule has 0 saturated heterocycles. The molecule has 9 aromatic carbocycles. The fraction of sp³-hybridized carbons (Fsp3) is 0. The van der Waals surface area contributed by atoms with E-state index >= 15 is 0 Å². The zero-order valence-electron chi connectivity index (χ0n) is 30.7. The molecule has 9 aromatic rings. The quantitative estimate of drug-likeness (QED) is 0.163. The predicted octanol–water partition coefficient (Wildman–Crippen LogP) is 15.3. The van der Waals surface area contributed by atoms with Crippen LogP contribution >= 0.6 is 0 Å². The van der Waals surface area contributed by atoms with Crippen LogP contribution < -0.4 is 9.64 Å². The number of fused-ring (bicyclic) bond motifs is 5. The number of anilines is 3. The van der Waals surface area contributed by atoms with E-state index in [0.717, 1.165) is 67.5 Å². The first-order valence-electron chi connectivity index (χ1n) is 19.1. The van der Waals surface area contributed by atoms with Gasteiger partial charge >= 0.3 is 0 Å². The van der Waals surface area contributed by atoms with E-state index in [0.29, 0.717) is 0 Å². The van der Waals surface area contributed by atoms with Crippen molar-refractivity contribution in [2.24, 2.45) is 0 Å². The van der Waals surface area contributed by atoms with Gasteiger partial charge in [0, 0.05) is 22.5 Å². The van der Waals surface area contributed by atoms with Crippen LogP contribution in [0.25, 0.3) is 66.8 Å². The molecule has 2 heteroatoms. The van der Waals surface area contributed by atoms with Crippen LogP contribution in [0.4, 0.5) is 17.1 Å². The number of hydrogen-bond acceptors (Lipinski definition) is 2. The normalized spacial score (nSPS) is 11.4. The molecule has 1 aliphatic rings. The van der Waals surface area contributed by atoms with Gasteiger partial charge in [-0.3, -0.25) is 0 Å². The molecule has 0 atom stereocenters. The van der Waals surface area contributed by atoms with Crippen molar-refractivity contribution in [3.63, 3.8) is 0 Å². The molecule has 0 spiro atoms. The standard InChI is InChI=1S/C54H37NO/c1-4-13-38(14-5-1)40-23-25-42(26-24-40)43-31-34-47(35-32-43)55(46-17-8-3-9-18-46)52-22-12-21-51-49-20-11-10-19-48(49)50-36-33-45(37-53(50)56-54(51)52)44-29-27-41(28-30-44)39-15-6-2-7-16-39/h1-37H. The minimum absolute atomic E-state index is 0.819. The highest BCUT2D eigenvalue weighted by molar-refractivity contribution is 5.96. The van der Waals surface area contributed by atoms with E-state index in [2.05, 4.69) is 229 Å². The minimum atomic E-state index is 0.819. The van der Waals surface area contributed by atoms with Gasteiger partial charge in [-0.05, 0) is 98.1 Å². The van der Waals surface area contributed by atoms with Crippen molar-refractivity contribution < 1.29 is 4.74 Å². The summed E-state index contributed by atoms with van der Waals surface area (Å²) in [4.78, 5) is 2.31. The smallest absolute Gasteiger partial charge is 0.159 e. The van der Waals surface area contributed by atoms with E-state index in [4.69, 9.17) is 4.74 Å². The summed E-state index contributed by atoms with van der Waals surface area (Å²) in [6.07, 6.45) is 0. The number of rotatable bonds is 7. The van der Waals surface area contributed by atoms with Crippen molar-refractivity contribution in [2.45, 2.75) is 0 Å². The molecule has 56 heavy (non-hydrogen) atoms. The molecule has 0 bridgehead atoms. The van der Waals surface area contributed by atoms with Gasteiger partial charge in [0.2, 0.25) is 0 Å². The van der Waals surface area contributed by atoms with Crippen LogP contribution in [-0.2, 0) is 0 Å². The van der Waals surface area contributed by atoms with Gasteiger partial charge in [0.15, 0.2) is 5.75 Å². The van der Waals surface area contributed by atoms with E-state index in [1.807, 2.05) is 0 Å². The van der Waals surface area contributed by atoms with E-state index in [1.54, 1.807) is 0 Å². The Balaban J connectivity index is 1.05. The lowest BCUT2D eigenvalue weighted by molar-refractivity contribution is 0.489. The summed E-state index contributed by atoms with van der Waals surface area (Å²) in [6, 6.07) is 79.8. The molecule has 0 unspecified atom stereocenters. The fourth-order valence-corrected chi connectivity index (χ4v) is 7.87. The molecule has 264 valence electrons. The van der Waals surface area contributed by atoms with Crippen LogP contribution in [0.3, 0.4) is 0 Å². The van der Waals surface area contributed by atoms with Crippen LogP contribution in [0.5, 0.6) is 11.5 Å². The zero-order valence-corrected chi connectivity index (χ0v) is 30.7. The highest BCUT2D eigenvalue weighted by atomic mass is 16.5. The van der Waals surface area contributed by atoms with Crippen LogP contribution in [0.2, 0.25) is 0 Å². The predicted molar refractivity (Wildman–Crippen MR) is 234 cm³/mol. The molecule has 0 saturated carbocycles.